The van der Waals surface area contributed by atoms with Crippen LogP contribution in [0, 0.1) is 5.82 Å². The molecule has 0 amide bonds. The summed E-state index contributed by atoms with van der Waals surface area (Å²) in [5, 5.41) is 0.438. The Bertz CT molecular complexity index is 329. The maximum atomic E-state index is 13.4. The lowest BCUT2D eigenvalue weighted by Crippen LogP contribution is -2.21. The average molecular weight is 261 g/mol. The SMILES string of the molecule is C[Si](C)(C)CCOCc1c(F)cccc1Cl. The van der Waals surface area contributed by atoms with Gasteiger partial charge in [0.1, 0.15) is 5.82 Å². The van der Waals surface area contributed by atoms with Gasteiger partial charge in [-0.2, -0.15) is 0 Å². The maximum Gasteiger partial charge on any atom is 0.130 e. The molecule has 0 aliphatic carbocycles. The molecule has 0 radical (unpaired) electrons. The first-order chi connectivity index (χ1) is 7.40. The Morgan fingerprint density at radius 1 is 1.31 bits per heavy atom. The van der Waals surface area contributed by atoms with Crippen LogP contribution in [-0.2, 0) is 11.3 Å². The summed E-state index contributed by atoms with van der Waals surface area (Å²) >= 11 is 5.89. The van der Waals surface area contributed by atoms with Gasteiger partial charge in [-0.25, -0.2) is 4.39 Å². The van der Waals surface area contributed by atoms with Crippen LogP contribution in [0.15, 0.2) is 18.2 Å². The molecule has 90 valence electrons. The fraction of sp³-hybridized carbons (Fsp3) is 0.500. The maximum absolute atomic E-state index is 13.4. The Kier molecular flexibility index (Phi) is 4.96. The molecule has 1 nitrogen and oxygen atoms in total. The second kappa shape index (κ2) is 5.80. The van der Waals surface area contributed by atoms with E-state index in [0.29, 0.717) is 17.2 Å². The summed E-state index contributed by atoms with van der Waals surface area (Å²) < 4.78 is 18.8. The van der Waals surface area contributed by atoms with Crippen molar-refractivity contribution in [2.45, 2.75) is 32.3 Å². The van der Waals surface area contributed by atoms with Crippen LogP contribution in [0.4, 0.5) is 4.39 Å². The van der Waals surface area contributed by atoms with Crippen LogP contribution in [0.5, 0.6) is 0 Å². The van der Waals surface area contributed by atoms with E-state index in [4.69, 9.17) is 16.3 Å². The lowest BCUT2D eigenvalue weighted by molar-refractivity contribution is 0.130. The zero-order valence-electron chi connectivity index (χ0n) is 10.0. The third-order valence-electron chi connectivity index (χ3n) is 2.30. The van der Waals surface area contributed by atoms with Crippen molar-refractivity contribution in [3.05, 3.63) is 34.6 Å². The monoisotopic (exact) mass is 260 g/mol. The van der Waals surface area contributed by atoms with Crippen LogP contribution < -0.4 is 0 Å². The van der Waals surface area contributed by atoms with E-state index in [-0.39, 0.29) is 12.4 Å². The van der Waals surface area contributed by atoms with E-state index in [1.54, 1.807) is 12.1 Å². The van der Waals surface area contributed by atoms with Crippen LogP contribution in [0.1, 0.15) is 5.56 Å². The van der Waals surface area contributed by atoms with Crippen molar-refractivity contribution in [2.75, 3.05) is 6.61 Å². The lowest BCUT2D eigenvalue weighted by atomic mass is 10.2. The predicted octanol–water partition coefficient (Wildman–Crippen LogP) is 4.33. The fourth-order valence-electron chi connectivity index (χ4n) is 1.22. The average Bonchev–Trinajstić information content (AvgIpc) is 2.14. The summed E-state index contributed by atoms with van der Waals surface area (Å²) in [6.07, 6.45) is 0. The standard InChI is InChI=1S/C12H18ClFOSi/c1-16(2,3)8-7-15-9-10-11(13)5-4-6-12(10)14/h4-6H,7-9H2,1-3H3. The van der Waals surface area contributed by atoms with Gasteiger partial charge in [0.25, 0.3) is 0 Å². The first-order valence-electron chi connectivity index (χ1n) is 5.41. The molecule has 0 fully saturated rings. The fourth-order valence-corrected chi connectivity index (χ4v) is 2.20. The number of hydrogen-bond donors (Lipinski definition) is 0. The topological polar surface area (TPSA) is 9.23 Å². The largest absolute Gasteiger partial charge is 0.377 e. The van der Waals surface area contributed by atoms with Gasteiger partial charge in [0, 0.05) is 25.3 Å². The molecule has 1 aromatic carbocycles. The van der Waals surface area contributed by atoms with Gasteiger partial charge in [0.05, 0.1) is 6.61 Å². The van der Waals surface area contributed by atoms with Gasteiger partial charge in [-0.3, -0.25) is 0 Å². The van der Waals surface area contributed by atoms with Crippen molar-refractivity contribution in [1.82, 2.24) is 0 Å². The Labute approximate surface area is 103 Å². The summed E-state index contributed by atoms with van der Waals surface area (Å²) in [6, 6.07) is 5.77. The minimum absolute atomic E-state index is 0.260. The quantitative estimate of drug-likeness (QED) is 0.566. The van der Waals surface area contributed by atoms with E-state index in [9.17, 15) is 4.39 Å². The first-order valence-corrected chi connectivity index (χ1v) is 9.49. The molecular formula is C12H18ClFOSi. The molecule has 0 spiro atoms. The van der Waals surface area contributed by atoms with Crippen LogP contribution >= 0.6 is 11.6 Å². The van der Waals surface area contributed by atoms with Crippen molar-refractivity contribution in [2.24, 2.45) is 0 Å². The molecule has 0 aromatic heterocycles. The Morgan fingerprint density at radius 2 is 2.00 bits per heavy atom. The number of ether oxygens (including phenoxy) is 1. The molecule has 16 heavy (non-hydrogen) atoms. The van der Waals surface area contributed by atoms with Crippen molar-refractivity contribution >= 4 is 19.7 Å². The molecule has 0 unspecified atom stereocenters. The summed E-state index contributed by atoms with van der Waals surface area (Å²) in [4.78, 5) is 0. The Hall–Kier alpha value is -0.383. The summed E-state index contributed by atoms with van der Waals surface area (Å²) in [7, 11) is -1.07. The van der Waals surface area contributed by atoms with E-state index in [2.05, 4.69) is 19.6 Å². The van der Waals surface area contributed by atoms with Crippen LogP contribution in [-0.4, -0.2) is 14.7 Å². The lowest BCUT2D eigenvalue weighted by Gasteiger charge is -2.15. The number of benzene rings is 1. The highest BCUT2D eigenvalue weighted by atomic mass is 35.5. The van der Waals surface area contributed by atoms with Crippen LogP contribution in [0.25, 0.3) is 0 Å². The van der Waals surface area contributed by atoms with E-state index < -0.39 is 8.07 Å². The highest BCUT2D eigenvalue weighted by Gasteiger charge is 2.13. The molecule has 4 heteroatoms. The second-order valence-corrected chi connectivity index (χ2v) is 11.1. The normalized spacial score (nSPS) is 11.8. The molecule has 1 aromatic rings. The number of hydrogen-bond acceptors (Lipinski definition) is 1. The third-order valence-corrected chi connectivity index (χ3v) is 4.36. The molecule has 0 bridgehead atoms. The van der Waals surface area contributed by atoms with Gasteiger partial charge in [-0.1, -0.05) is 37.3 Å². The van der Waals surface area contributed by atoms with E-state index >= 15 is 0 Å². The summed E-state index contributed by atoms with van der Waals surface area (Å²) in [5.41, 5.74) is 0.458. The minimum Gasteiger partial charge on any atom is -0.377 e. The molecule has 0 atom stereocenters. The van der Waals surface area contributed by atoms with E-state index in [1.807, 2.05) is 0 Å². The molecule has 0 aliphatic heterocycles. The summed E-state index contributed by atoms with van der Waals surface area (Å²) in [5.74, 6) is -0.291. The molecule has 0 heterocycles. The zero-order valence-corrected chi connectivity index (χ0v) is 11.8. The smallest absolute Gasteiger partial charge is 0.130 e. The summed E-state index contributed by atoms with van der Waals surface area (Å²) in [6.45, 7) is 7.79. The first kappa shape index (κ1) is 13.7. The van der Waals surface area contributed by atoms with Crippen molar-refractivity contribution in [1.29, 1.82) is 0 Å². The number of rotatable bonds is 5. The van der Waals surface area contributed by atoms with Crippen molar-refractivity contribution in [3.63, 3.8) is 0 Å². The zero-order chi connectivity index (χ0) is 12.2. The minimum atomic E-state index is -1.07. The molecular weight excluding hydrogens is 243 g/mol. The van der Waals surface area contributed by atoms with E-state index in [0.717, 1.165) is 6.04 Å². The highest BCUT2D eigenvalue weighted by Crippen LogP contribution is 2.20. The van der Waals surface area contributed by atoms with Gasteiger partial charge >= 0.3 is 0 Å². The van der Waals surface area contributed by atoms with Gasteiger partial charge < -0.3 is 4.74 Å². The third kappa shape index (κ3) is 4.64. The van der Waals surface area contributed by atoms with Crippen LogP contribution in [0.2, 0.25) is 30.7 Å². The molecule has 0 N–H and O–H groups in total. The van der Waals surface area contributed by atoms with Gasteiger partial charge in [0.15, 0.2) is 0 Å². The molecule has 0 aliphatic rings. The predicted molar refractivity (Wildman–Crippen MR) is 69.2 cm³/mol. The molecule has 1 rings (SSSR count). The van der Waals surface area contributed by atoms with E-state index in [1.165, 1.54) is 6.07 Å². The Balaban J connectivity index is 2.43. The number of halogens is 2. The van der Waals surface area contributed by atoms with Crippen molar-refractivity contribution in [3.8, 4) is 0 Å². The molecule has 0 saturated carbocycles. The van der Waals surface area contributed by atoms with Crippen LogP contribution in [0.3, 0.4) is 0 Å². The second-order valence-electron chi connectivity index (χ2n) is 5.06. The Morgan fingerprint density at radius 3 is 2.56 bits per heavy atom. The highest BCUT2D eigenvalue weighted by molar-refractivity contribution is 6.76. The molecule has 0 saturated heterocycles. The van der Waals surface area contributed by atoms with Crippen molar-refractivity contribution < 1.29 is 9.13 Å². The van der Waals surface area contributed by atoms with Gasteiger partial charge in [-0.05, 0) is 18.2 Å². The van der Waals surface area contributed by atoms with Gasteiger partial charge in [0.2, 0.25) is 0 Å². The van der Waals surface area contributed by atoms with Gasteiger partial charge in [-0.15, -0.1) is 0 Å².